The highest BCUT2D eigenvalue weighted by atomic mass is 32.1. The van der Waals surface area contributed by atoms with Crippen LogP contribution in [0.1, 0.15) is 53.9 Å². The minimum atomic E-state index is -1.41. The number of benzene rings is 1. The quantitative estimate of drug-likeness (QED) is 0.500. The van der Waals surface area contributed by atoms with E-state index in [0.29, 0.717) is 4.88 Å². The standard InChI is InChI=1S/C24H28FN3O5S/c1-2-33-21(30)15-28(20(29)14-26-23(31)19-12-7-13-34-19)22(17-10-5-6-11-18(17)25)24(32)27-16-8-3-4-9-16/h5-7,10-13,16,22H,2-4,8-9,14-15H2,1H3,(H,26,31)(H,27,32)/t22-/m0/s1. The van der Waals surface area contributed by atoms with Crippen molar-refractivity contribution in [2.45, 2.75) is 44.7 Å². The lowest BCUT2D eigenvalue weighted by Gasteiger charge is -2.31. The second kappa shape index (κ2) is 12.3. The zero-order valence-electron chi connectivity index (χ0n) is 18.9. The van der Waals surface area contributed by atoms with Gasteiger partial charge in [0.2, 0.25) is 11.8 Å². The molecule has 0 saturated heterocycles. The van der Waals surface area contributed by atoms with Crippen molar-refractivity contribution in [3.05, 3.63) is 58.0 Å². The molecule has 1 aliphatic rings. The van der Waals surface area contributed by atoms with Crippen molar-refractivity contribution in [3.8, 4) is 0 Å². The summed E-state index contributed by atoms with van der Waals surface area (Å²) in [5, 5.41) is 7.13. The summed E-state index contributed by atoms with van der Waals surface area (Å²) in [6.07, 6.45) is 3.52. The van der Waals surface area contributed by atoms with E-state index in [9.17, 15) is 23.6 Å². The van der Waals surface area contributed by atoms with Crippen LogP contribution in [-0.4, -0.2) is 54.3 Å². The van der Waals surface area contributed by atoms with Gasteiger partial charge in [0, 0.05) is 11.6 Å². The molecular weight excluding hydrogens is 461 g/mol. The molecule has 1 fully saturated rings. The molecule has 2 N–H and O–H groups in total. The smallest absolute Gasteiger partial charge is 0.325 e. The summed E-state index contributed by atoms with van der Waals surface area (Å²) in [6.45, 7) is 0.650. The molecule has 0 unspecified atom stereocenters. The molecule has 1 aliphatic carbocycles. The number of hydrogen-bond acceptors (Lipinski definition) is 6. The molecule has 3 amide bonds. The van der Waals surface area contributed by atoms with Gasteiger partial charge in [0.15, 0.2) is 0 Å². The Labute approximate surface area is 201 Å². The highest BCUT2D eigenvalue weighted by Gasteiger charge is 2.36. The lowest BCUT2D eigenvalue weighted by atomic mass is 10.0. The van der Waals surface area contributed by atoms with E-state index in [4.69, 9.17) is 4.74 Å². The highest BCUT2D eigenvalue weighted by Crippen LogP contribution is 2.26. The summed E-state index contributed by atoms with van der Waals surface area (Å²) in [7, 11) is 0. The number of amides is 3. The van der Waals surface area contributed by atoms with Crippen LogP contribution in [0.2, 0.25) is 0 Å². The molecule has 0 radical (unpaired) electrons. The highest BCUT2D eigenvalue weighted by molar-refractivity contribution is 7.12. The average molecular weight is 490 g/mol. The van der Waals surface area contributed by atoms with Gasteiger partial charge in [-0.25, -0.2) is 4.39 Å². The van der Waals surface area contributed by atoms with Gasteiger partial charge in [-0.3, -0.25) is 19.2 Å². The molecule has 1 aromatic heterocycles. The molecule has 10 heteroatoms. The van der Waals surface area contributed by atoms with E-state index in [1.807, 2.05) is 0 Å². The van der Waals surface area contributed by atoms with Crippen LogP contribution in [0.5, 0.6) is 0 Å². The largest absolute Gasteiger partial charge is 0.465 e. The molecule has 1 saturated carbocycles. The zero-order valence-corrected chi connectivity index (χ0v) is 19.7. The zero-order chi connectivity index (χ0) is 24.5. The third-order valence-corrected chi connectivity index (χ3v) is 6.40. The molecule has 8 nitrogen and oxygen atoms in total. The SMILES string of the molecule is CCOC(=O)CN(C(=O)CNC(=O)c1cccs1)[C@H](C(=O)NC1CCCC1)c1ccccc1F. The van der Waals surface area contributed by atoms with Crippen LogP contribution >= 0.6 is 11.3 Å². The van der Waals surface area contributed by atoms with Crippen molar-refractivity contribution >= 4 is 35.0 Å². The van der Waals surface area contributed by atoms with E-state index < -0.39 is 48.6 Å². The predicted octanol–water partition coefficient (Wildman–Crippen LogP) is 2.81. The Hall–Kier alpha value is -3.27. The molecule has 1 aromatic carbocycles. The van der Waals surface area contributed by atoms with Crippen molar-refractivity contribution in [2.75, 3.05) is 19.7 Å². The summed E-state index contributed by atoms with van der Waals surface area (Å²) in [5.74, 6) is -3.18. The second-order valence-electron chi connectivity index (χ2n) is 7.90. The first-order valence-electron chi connectivity index (χ1n) is 11.2. The van der Waals surface area contributed by atoms with Gasteiger partial charge in [-0.15, -0.1) is 11.3 Å². The molecule has 1 heterocycles. The van der Waals surface area contributed by atoms with E-state index in [0.717, 1.165) is 30.6 Å². The van der Waals surface area contributed by atoms with Crippen LogP contribution < -0.4 is 10.6 Å². The van der Waals surface area contributed by atoms with E-state index in [1.54, 1.807) is 30.5 Å². The van der Waals surface area contributed by atoms with Gasteiger partial charge in [0.1, 0.15) is 18.4 Å². The first-order chi connectivity index (χ1) is 16.4. The number of carbonyl (C=O) groups is 4. The Morgan fingerprint density at radius 2 is 1.88 bits per heavy atom. The van der Waals surface area contributed by atoms with E-state index >= 15 is 0 Å². The number of nitrogens with zero attached hydrogens (tertiary/aromatic N) is 1. The molecule has 34 heavy (non-hydrogen) atoms. The van der Waals surface area contributed by atoms with Crippen LogP contribution in [0.25, 0.3) is 0 Å². The maximum Gasteiger partial charge on any atom is 0.325 e. The van der Waals surface area contributed by atoms with Crippen molar-refractivity contribution in [1.29, 1.82) is 0 Å². The normalized spacial score (nSPS) is 14.3. The number of halogens is 1. The van der Waals surface area contributed by atoms with Gasteiger partial charge >= 0.3 is 5.97 Å². The van der Waals surface area contributed by atoms with Crippen molar-refractivity contribution in [1.82, 2.24) is 15.5 Å². The summed E-state index contributed by atoms with van der Waals surface area (Å²) in [6, 6.07) is 7.45. The molecule has 2 aromatic rings. The topological polar surface area (TPSA) is 105 Å². The summed E-state index contributed by atoms with van der Waals surface area (Å²) in [4.78, 5) is 52.6. The summed E-state index contributed by atoms with van der Waals surface area (Å²) < 4.78 is 19.8. The number of carbonyl (C=O) groups excluding carboxylic acids is 4. The maximum atomic E-state index is 14.8. The number of ether oxygens (including phenoxy) is 1. The first-order valence-corrected chi connectivity index (χ1v) is 12.1. The van der Waals surface area contributed by atoms with Crippen LogP contribution in [0.15, 0.2) is 41.8 Å². The number of thiophene rings is 1. The third-order valence-electron chi connectivity index (χ3n) is 5.53. The van der Waals surface area contributed by atoms with E-state index in [1.165, 1.54) is 29.5 Å². The van der Waals surface area contributed by atoms with Crippen molar-refractivity contribution in [2.24, 2.45) is 0 Å². The van der Waals surface area contributed by atoms with E-state index in [2.05, 4.69) is 10.6 Å². The lowest BCUT2D eigenvalue weighted by Crippen LogP contribution is -2.50. The van der Waals surface area contributed by atoms with Crippen LogP contribution in [0.4, 0.5) is 4.39 Å². The Bertz CT molecular complexity index is 1010. The predicted molar refractivity (Wildman–Crippen MR) is 125 cm³/mol. The monoisotopic (exact) mass is 489 g/mol. The number of hydrogen-bond donors (Lipinski definition) is 2. The maximum absolute atomic E-state index is 14.8. The molecule has 0 aliphatic heterocycles. The molecule has 0 bridgehead atoms. The lowest BCUT2D eigenvalue weighted by molar-refractivity contribution is -0.152. The van der Waals surface area contributed by atoms with Gasteiger partial charge < -0.3 is 20.3 Å². The molecule has 0 spiro atoms. The van der Waals surface area contributed by atoms with Crippen LogP contribution in [0, 0.1) is 5.82 Å². The van der Waals surface area contributed by atoms with Crippen LogP contribution in [0.3, 0.4) is 0 Å². The minimum Gasteiger partial charge on any atom is -0.465 e. The molecular formula is C24H28FN3O5S. The van der Waals surface area contributed by atoms with Gasteiger partial charge in [0.05, 0.1) is 18.0 Å². The van der Waals surface area contributed by atoms with Gasteiger partial charge in [0.25, 0.3) is 5.91 Å². The Morgan fingerprint density at radius 3 is 2.53 bits per heavy atom. The summed E-state index contributed by atoms with van der Waals surface area (Å²) in [5.41, 5.74) is -0.0415. The average Bonchev–Trinajstić information content (AvgIpc) is 3.53. The number of esters is 1. The molecule has 3 rings (SSSR count). The third kappa shape index (κ3) is 6.63. The first kappa shape index (κ1) is 25.4. The van der Waals surface area contributed by atoms with E-state index in [-0.39, 0.29) is 18.2 Å². The van der Waals surface area contributed by atoms with Crippen molar-refractivity contribution in [3.63, 3.8) is 0 Å². The fourth-order valence-corrected chi connectivity index (χ4v) is 4.56. The van der Waals surface area contributed by atoms with Crippen molar-refractivity contribution < 1.29 is 28.3 Å². The fraction of sp³-hybridized carbons (Fsp3) is 0.417. The molecule has 182 valence electrons. The Balaban J connectivity index is 1.88. The number of nitrogens with one attached hydrogen (secondary N) is 2. The summed E-state index contributed by atoms with van der Waals surface area (Å²) >= 11 is 1.21. The molecule has 1 atom stereocenters. The number of rotatable bonds is 10. The van der Waals surface area contributed by atoms with Gasteiger partial charge in [-0.1, -0.05) is 37.1 Å². The Kier molecular flexibility index (Phi) is 9.15. The minimum absolute atomic E-state index is 0.0415. The fourth-order valence-electron chi connectivity index (χ4n) is 3.92. The van der Waals surface area contributed by atoms with Crippen LogP contribution in [-0.2, 0) is 19.1 Å². The van der Waals surface area contributed by atoms with Gasteiger partial charge in [-0.05, 0) is 37.3 Å². The Morgan fingerprint density at radius 1 is 1.15 bits per heavy atom. The second-order valence-corrected chi connectivity index (χ2v) is 8.85. The van der Waals surface area contributed by atoms with Gasteiger partial charge in [-0.2, -0.15) is 0 Å².